The maximum Gasteiger partial charge on any atom is 0.241 e. The lowest BCUT2D eigenvalue weighted by Gasteiger charge is -2.11. The van der Waals surface area contributed by atoms with E-state index in [0.717, 1.165) is 11.3 Å². The van der Waals surface area contributed by atoms with Crippen LogP contribution in [0.4, 0.5) is 5.69 Å². The maximum absolute atomic E-state index is 12.3. The number of carbonyl (C=O) groups is 1. The van der Waals surface area contributed by atoms with Gasteiger partial charge in [-0.3, -0.25) is 14.5 Å². The van der Waals surface area contributed by atoms with E-state index >= 15 is 0 Å². The smallest absolute Gasteiger partial charge is 0.241 e. The molecule has 0 fully saturated rings. The third-order valence-corrected chi connectivity index (χ3v) is 5.82. The van der Waals surface area contributed by atoms with Gasteiger partial charge in [0.25, 0.3) is 0 Å². The number of hydrogen-bond acceptors (Lipinski definition) is 7. The van der Waals surface area contributed by atoms with Crippen LogP contribution in [0, 0.1) is 0 Å². The fourth-order valence-electron chi connectivity index (χ4n) is 2.53. The topological polar surface area (TPSA) is 110 Å². The third kappa shape index (κ3) is 6.53. The number of carbonyl (C=O) groups excluding carboxylic acids is 1. The fraction of sp³-hybridized carbons (Fsp3) is 0.250. The van der Waals surface area contributed by atoms with Gasteiger partial charge in [0.1, 0.15) is 16.5 Å². The molecule has 0 aliphatic heterocycles. The van der Waals surface area contributed by atoms with E-state index < -0.39 is 21.7 Å². The lowest BCUT2D eigenvalue weighted by molar-refractivity contribution is -0.118. The number of nitrogens with one attached hydrogen (secondary N) is 2. The maximum atomic E-state index is 12.3. The summed E-state index contributed by atoms with van der Waals surface area (Å²) in [6, 6.07) is 10.2. The molecule has 10 heteroatoms. The van der Waals surface area contributed by atoms with Crippen LogP contribution >= 0.6 is 11.3 Å². The van der Waals surface area contributed by atoms with E-state index in [9.17, 15) is 13.2 Å². The van der Waals surface area contributed by atoms with Crippen molar-refractivity contribution in [2.24, 2.45) is 0 Å². The summed E-state index contributed by atoms with van der Waals surface area (Å²) in [7, 11) is -3.84. The molecule has 2 N–H and O–H groups in total. The first-order chi connectivity index (χ1) is 14.3. The van der Waals surface area contributed by atoms with E-state index in [1.807, 2.05) is 31.4 Å². The summed E-state index contributed by atoms with van der Waals surface area (Å²) < 4.78 is 32.4. The number of nitrogens with zero attached hydrogens (tertiary/aromatic N) is 2. The van der Waals surface area contributed by atoms with Gasteiger partial charge in [0.2, 0.25) is 15.9 Å². The van der Waals surface area contributed by atoms with Crippen LogP contribution in [-0.2, 0) is 21.4 Å². The van der Waals surface area contributed by atoms with Crippen LogP contribution < -0.4 is 14.8 Å². The van der Waals surface area contributed by atoms with E-state index in [1.54, 1.807) is 36.7 Å². The molecule has 0 spiro atoms. The van der Waals surface area contributed by atoms with Crippen molar-refractivity contribution in [2.45, 2.75) is 26.5 Å². The highest BCUT2D eigenvalue weighted by molar-refractivity contribution is 7.93. The number of rotatable bonds is 9. The Morgan fingerprint density at radius 1 is 1.13 bits per heavy atom. The Morgan fingerprint density at radius 3 is 2.50 bits per heavy atom. The molecule has 158 valence electrons. The molecular weight excluding hydrogens is 424 g/mol. The van der Waals surface area contributed by atoms with Crippen LogP contribution in [0.1, 0.15) is 18.9 Å². The lowest BCUT2D eigenvalue weighted by atomic mass is 10.2. The molecule has 0 unspecified atom stereocenters. The second-order valence-corrected chi connectivity index (χ2v) is 9.36. The van der Waals surface area contributed by atoms with Gasteiger partial charge in [0, 0.05) is 29.0 Å². The molecule has 1 amide bonds. The number of benzene rings is 1. The minimum atomic E-state index is -3.84. The number of thiazole rings is 1. The fourth-order valence-corrected chi connectivity index (χ4v) is 4.29. The van der Waals surface area contributed by atoms with Gasteiger partial charge in [-0.25, -0.2) is 13.4 Å². The molecule has 0 radical (unpaired) electrons. The Morgan fingerprint density at radius 2 is 1.83 bits per heavy atom. The van der Waals surface area contributed by atoms with Gasteiger partial charge in [-0.15, -0.1) is 11.3 Å². The lowest BCUT2D eigenvalue weighted by Crippen LogP contribution is -2.32. The Balaban J connectivity index is 1.51. The van der Waals surface area contributed by atoms with Crippen molar-refractivity contribution in [3.05, 3.63) is 59.2 Å². The second kappa shape index (κ2) is 9.68. The van der Waals surface area contributed by atoms with Crippen LogP contribution in [0.25, 0.3) is 11.3 Å². The van der Waals surface area contributed by atoms with Crippen molar-refractivity contribution >= 4 is 33.0 Å². The molecule has 3 aromatic rings. The normalized spacial score (nSPS) is 11.3. The van der Waals surface area contributed by atoms with E-state index in [0.29, 0.717) is 16.4 Å². The van der Waals surface area contributed by atoms with Crippen molar-refractivity contribution in [3.8, 4) is 17.0 Å². The molecule has 0 saturated heterocycles. The molecule has 0 atom stereocenters. The van der Waals surface area contributed by atoms with Crippen molar-refractivity contribution in [1.29, 1.82) is 0 Å². The van der Waals surface area contributed by atoms with Gasteiger partial charge >= 0.3 is 0 Å². The molecule has 30 heavy (non-hydrogen) atoms. The number of sulfonamides is 1. The molecule has 2 heterocycles. The molecule has 0 bridgehead atoms. The minimum Gasteiger partial charge on any atom is -0.491 e. The van der Waals surface area contributed by atoms with Crippen LogP contribution in [-0.4, -0.2) is 36.1 Å². The molecule has 0 aliphatic rings. The summed E-state index contributed by atoms with van der Waals surface area (Å²) in [5, 5.41) is 5.15. The quantitative estimate of drug-likeness (QED) is 0.523. The SMILES string of the molecule is CC(C)Oc1ccc(NS(=O)(=O)CC(=O)NCc2nc(-c3ccncc3)cs2)cc1. The highest BCUT2D eigenvalue weighted by Gasteiger charge is 2.17. The molecule has 2 aromatic heterocycles. The Bertz CT molecular complexity index is 1080. The van der Waals surface area contributed by atoms with Crippen molar-refractivity contribution < 1.29 is 17.9 Å². The summed E-state index contributed by atoms with van der Waals surface area (Å²) in [5.74, 6) is -0.650. The largest absolute Gasteiger partial charge is 0.491 e. The highest BCUT2D eigenvalue weighted by Crippen LogP contribution is 2.21. The first kappa shape index (κ1) is 21.7. The zero-order valence-corrected chi connectivity index (χ0v) is 18.2. The molecule has 0 aliphatic carbocycles. The summed E-state index contributed by atoms with van der Waals surface area (Å²) >= 11 is 1.39. The monoisotopic (exact) mass is 446 g/mol. The number of pyridine rings is 1. The van der Waals surface area contributed by atoms with Gasteiger partial charge in [-0.1, -0.05) is 0 Å². The summed E-state index contributed by atoms with van der Waals surface area (Å²) in [4.78, 5) is 20.5. The van der Waals surface area contributed by atoms with Gasteiger partial charge < -0.3 is 10.1 Å². The van der Waals surface area contributed by atoms with Gasteiger partial charge in [-0.05, 0) is 50.2 Å². The molecule has 0 saturated carbocycles. The molecule has 3 rings (SSSR count). The Labute approximate surface area is 179 Å². The predicted octanol–water partition coefficient (Wildman–Crippen LogP) is 3.05. The number of anilines is 1. The van der Waals surface area contributed by atoms with Gasteiger partial charge in [-0.2, -0.15) is 0 Å². The Kier molecular flexibility index (Phi) is 7.01. The van der Waals surface area contributed by atoms with Crippen LogP contribution in [0.15, 0.2) is 54.2 Å². The first-order valence-electron chi connectivity index (χ1n) is 9.19. The molecular formula is C20H22N4O4S2. The average Bonchev–Trinajstić information content (AvgIpc) is 3.17. The number of ether oxygens (including phenoxy) is 1. The van der Waals surface area contributed by atoms with Gasteiger partial charge in [0.15, 0.2) is 0 Å². The summed E-state index contributed by atoms with van der Waals surface area (Å²) in [6.07, 6.45) is 3.38. The van der Waals surface area contributed by atoms with E-state index in [1.165, 1.54) is 11.3 Å². The molecule has 1 aromatic carbocycles. The van der Waals surface area contributed by atoms with Crippen LogP contribution in [0.2, 0.25) is 0 Å². The minimum absolute atomic E-state index is 0.0230. The summed E-state index contributed by atoms with van der Waals surface area (Å²) in [6.45, 7) is 3.97. The van der Waals surface area contributed by atoms with Crippen LogP contribution in [0.5, 0.6) is 5.75 Å². The third-order valence-electron chi connectivity index (χ3n) is 3.79. The Hall–Kier alpha value is -2.98. The predicted molar refractivity (Wildman–Crippen MR) is 117 cm³/mol. The van der Waals surface area contributed by atoms with Crippen molar-refractivity contribution in [1.82, 2.24) is 15.3 Å². The van der Waals surface area contributed by atoms with Gasteiger partial charge in [0.05, 0.1) is 18.3 Å². The van der Waals surface area contributed by atoms with E-state index in [-0.39, 0.29) is 12.6 Å². The summed E-state index contributed by atoms with van der Waals surface area (Å²) in [5.41, 5.74) is 2.07. The first-order valence-corrected chi connectivity index (χ1v) is 11.7. The number of hydrogen-bond donors (Lipinski definition) is 2. The van der Waals surface area contributed by atoms with E-state index in [4.69, 9.17) is 4.74 Å². The zero-order valence-electron chi connectivity index (χ0n) is 16.5. The average molecular weight is 447 g/mol. The van der Waals surface area contributed by atoms with Crippen molar-refractivity contribution in [3.63, 3.8) is 0 Å². The van der Waals surface area contributed by atoms with Crippen LogP contribution in [0.3, 0.4) is 0 Å². The van der Waals surface area contributed by atoms with E-state index in [2.05, 4.69) is 20.0 Å². The second-order valence-electron chi connectivity index (χ2n) is 6.69. The number of amides is 1. The zero-order chi connectivity index (χ0) is 21.6. The standard InChI is InChI=1S/C20H22N4O4S2/c1-14(2)28-17-5-3-16(4-6-17)24-30(26,27)13-19(25)22-11-20-23-18(12-29-20)15-7-9-21-10-8-15/h3-10,12,14,24H,11,13H2,1-2H3,(H,22,25). The highest BCUT2D eigenvalue weighted by atomic mass is 32.2. The molecule has 8 nitrogen and oxygen atoms in total. The van der Waals surface area contributed by atoms with Crippen molar-refractivity contribution in [2.75, 3.05) is 10.5 Å². The number of aromatic nitrogens is 2.